The average molecular weight is 322 g/mol. The van der Waals surface area contributed by atoms with E-state index in [4.69, 9.17) is 9.88 Å². The number of sulfonamides is 1. The molecule has 0 radical (unpaired) electrons. The second-order valence-electron chi connectivity index (χ2n) is 4.04. The predicted molar refractivity (Wildman–Crippen MR) is 70.9 cm³/mol. The van der Waals surface area contributed by atoms with Crippen LogP contribution in [0.2, 0.25) is 0 Å². The Kier molecular flexibility index (Phi) is 5.58. The van der Waals surface area contributed by atoms with Crippen LogP contribution in [-0.4, -0.2) is 20.8 Å². The fourth-order valence-electron chi connectivity index (χ4n) is 1.43. The molecule has 1 rings (SSSR count). The van der Waals surface area contributed by atoms with Crippen molar-refractivity contribution in [2.24, 2.45) is 11.1 Å². The lowest BCUT2D eigenvalue weighted by atomic mass is 10.2. The molecule has 1 atom stereocenters. The summed E-state index contributed by atoms with van der Waals surface area (Å²) in [5.74, 6) is -0.157. The third-order valence-corrected chi connectivity index (χ3v) is 3.94. The minimum Gasteiger partial charge on any atom is -0.376 e. The molecule has 0 saturated carbocycles. The highest BCUT2D eigenvalue weighted by Gasteiger charge is 2.11. The summed E-state index contributed by atoms with van der Waals surface area (Å²) in [5, 5.41) is 4.95. The number of hydrogen-bond donors (Lipinski definition) is 1. The molecule has 4 nitrogen and oxygen atoms in total. The fraction of sp³-hybridized carbons (Fsp3) is 0.455. The van der Waals surface area contributed by atoms with E-state index in [9.17, 15) is 8.42 Å². The van der Waals surface area contributed by atoms with Gasteiger partial charge in [-0.25, -0.2) is 13.6 Å². The lowest BCUT2D eigenvalue weighted by molar-refractivity contribution is 0.0974. The molecule has 0 spiro atoms. The summed E-state index contributed by atoms with van der Waals surface area (Å²) in [6, 6.07) is 7.75. The Morgan fingerprint density at radius 1 is 1.41 bits per heavy atom. The van der Waals surface area contributed by atoms with Crippen LogP contribution >= 0.6 is 15.9 Å². The van der Waals surface area contributed by atoms with Crippen LogP contribution in [-0.2, 0) is 21.4 Å². The first-order valence-corrected chi connectivity index (χ1v) is 7.71. The quantitative estimate of drug-likeness (QED) is 0.869. The minimum absolute atomic E-state index is 0.0526. The molecule has 0 aliphatic rings. The highest BCUT2D eigenvalue weighted by Crippen LogP contribution is 2.16. The standard InChI is InChI=1S/C11H16BrNO3S/c1-9(8-17(13,14)15)6-16-7-10-4-2-3-5-11(10)12/h2-5,9H,6-8H2,1H3,(H2,13,14,15). The highest BCUT2D eigenvalue weighted by molar-refractivity contribution is 9.10. The maximum absolute atomic E-state index is 10.8. The van der Waals surface area contributed by atoms with Crippen LogP contribution in [0.25, 0.3) is 0 Å². The molecule has 96 valence electrons. The van der Waals surface area contributed by atoms with E-state index in [1.807, 2.05) is 24.3 Å². The molecule has 6 heteroatoms. The van der Waals surface area contributed by atoms with Gasteiger partial charge in [-0.15, -0.1) is 0 Å². The van der Waals surface area contributed by atoms with Crippen LogP contribution in [0.3, 0.4) is 0 Å². The number of rotatable bonds is 6. The normalized spacial score (nSPS) is 13.6. The van der Waals surface area contributed by atoms with Gasteiger partial charge < -0.3 is 4.74 Å². The van der Waals surface area contributed by atoms with Gasteiger partial charge >= 0.3 is 0 Å². The van der Waals surface area contributed by atoms with Crippen molar-refractivity contribution in [1.82, 2.24) is 0 Å². The van der Waals surface area contributed by atoms with E-state index in [-0.39, 0.29) is 11.7 Å². The Hall–Kier alpha value is -0.430. The molecule has 2 N–H and O–H groups in total. The number of primary sulfonamides is 1. The van der Waals surface area contributed by atoms with Crippen molar-refractivity contribution < 1.29 is 13.2 Å². The van der Waals surface area contributed by atoms with Gasteiger partial charge in [0.15, 0.2) is 0 Å². The molecule has 1 unspecified atom stereocenters. The molecule has 0 bridgehead atoms. The smallest absolute Gasteiger partial charge is 0.209 e. The Morgan fingerprint density at radius 2 is 2.06 bits per heavy atom. The maximum atomic E-state index is 10.8. The second-order valence-corrected chi connectivity index (χ2v) is 6.55. The molecular formula is C11H16BrNO3S. The molecule has 0 amide bonds. The van der Waals surface area contributed by atoms with Gasteiger partial charge in [-0.3, -0.25) is 0 Å². The Bertz CT molecular complexity index is 462. The zero-order chi connectivity index (χ0) is 12.9. The van der Waals surface area contributed by atoms with Crippen molar-refractivity contribution in [2.75, 3.05) is 12.4 Å². The molecule has 0 saturated heterocycles. The first-order chi connectivity index (χ1) is 7.88. The largest absolute Gasteiger partial charge is 0.376 e. The topological polar surface area (TPSA) is 69.4 Å². The van der Waals surface area contributed by atoms with Gasteiger partial charge in [-0.2, -0.15) is 0 Å². The summed E-state index contributed by atoms with van der Waals surface area (Å²) in [5.41, 5.74) is 1.04. The average Bonchev–Trinajstić information content (AvgIpc) is 2.18. The van der Waals surface area contributed by atoms with Crippen molar-refractivity contribution in [3.05, 3.63) is 34.3 Å². The SMILES string of the molecule is CC(COCc1ccccc1Br)CS(N)(=O)=O. The number of benzene rings is 1. The summed E-state index contributed by atoms with van der Waals surface area (Å²) in [6.45, 7) is 2.62. The van der Waals surface area contributed by atoms with Gasteiger partial charge in [-0.05, 0) is 17.5 Å². The molecule has 0 aromatic heterocycles. The van der Waals surface area contributed by atoms with E-state index in [1.54, 1.807) is 6.92 Å². The summed E-state index contributed by atoms with van der Waals surface area (Å²) >= 11 is 3.42. The van der Waals surface area contributed by atoms with Crippen LogP contribution in [0.15, 0.2) is 28.7 Å². The Morgan fingerprint density at radius 3 is 2.65 bits per heavy atom. The van der Waals surface area contributed by atoms with Crippen molar-refractivity contribution >= 4 is 26.0 Å². The fourth-order valence-corrected chi connectivity index (χ4v) is 2.72. The zero-order valence-electron chi connectivity index (χ0n) is 9.60. The third-order valence-electron chi connectivity index (χ3n) is 2.13. The van der Waals surface area contributed by atoms with E-state index in [0.29, 0.717) is 13.2 Å². The number of hydrogen-bond acceptors (Lipinski definition) is 3. The minimum atomic E-state index is -3.42. The van der Waals surface area contributed by atoms with E-state index in [0.717, 1.165) is 10.0 Å². The third kappa shape index (κ3) is 6.16. The summed E-state index contributed by atoms with van der Waals surface area (Å²) in [4.78, 5) is 0. The van der Waals surface area contributed by atoms with Gasteiger partial charge in [0, 0.05) is 4.47 Å². The van der Waals surface area contributed by atoms with E-state index in [1.165, 1.54) is 0 Å². The molecule has 0 aliphatic carbocycles. The van der Waals surface area contributed by atoms with Crippen LogP contribution in [0.1, 0.15) is 12.5 Å². The van der Waals surface area contributed by atoms with E-state index >= 15 is 0 Å². The molecule has 1 aromatic carbocycles. The van der Waals surface area contributed by atoms with Crippen molar-refractivity contribution in [3.63, 3.8) is 0 Å². The lowest BCUT2D eigenvalue weighted by Gasteiger charge is -2.11. The van der Waals surface area contributed by atoms with Crippen molar-refractivity contribution in [1.29, 1.82) is 0 Å². The molecule has 0 aliphatic heterocycles. The first-order valence-electron chi connectivity index (χ1n) is 5.20. The second kappa shape index (κ2) is 6.49. The van der Waals surface area contributed by atoms with Gasteiger partial charge in [0.2, 0.25) is 10.0 Å². The molecule has 1 aromatic rings. The Balaban J connectivity index is 2.36. The molecule has 17 heavy (non-hydrogen) atoms. The number of halogens is 1. The number of nitrogens with two attached hydrogens (primary N) is 1. The van der Waals surface area contributed by atoms with Gasteiger partial charge in [0.05, 0.1) is 19.0 Å². The van der Waals surface area contributed by atoms with E-state index < -0.39 is 10.0 Å². The summed E-state index contributed by atoms with van der Waals surface area (Å²) in [6.07, 6.45) is 0. The predicted octanol–water partition coefficient (Wildman–Crippen LogP) is 1.89. The Labute approximate surface area is 110 Å². The summed E-state index contributed by atoms with van der Waals surface area (Å²) in [7, 11) is -3.42. The van der Waals surface area contributed by atoms with Gasteiger partial charge in [-0.1, -0.05) is 41.1 Å². The first kappa shape index (κ1) is 14.6. The molecule has 0 heterocycles. The van der Waals surface area contributed by atoms with Crippen LogP contribution in [0.5, 0.6) is 0 Å². The lowest BCUT2D eigenvalue weighted by Crippen LogP contribution is -2.24. The van der Waals surface area contributed by atoms with Crippen molar-refractivity contribution in [3.8, 4) is 0 Å². The van der Waals surface area contributed by atoms with Crippen LogP contribution in [0, 0.1) is 5.92 Å². The van der Waals surface area contributed by atoms with E-state index in [2.05, 4.69) is 15.9 Å². The number of ether oxygens (including phenoxy) is 1. The molecular weight excluding hydrogens is 306 g/mol. The van der Waals surface area contributed by atoms with Crippen molar-refractivity contribution in [2.45, 2.75) is 13.5 Å². The maximum Gasteiger partial charge on any atom is 0.209 e. The molecule has 0 fully saturated rings. The monoisotopic (exact) mass is 321 g/mol. The van der Waals surface area contributed by atoms with Gasteiger partial charge in [0.25, 0.3) is 0 Å². The highest BCUT2D eigenvalue weighted by atomic mass is 79.9. The zero-order valence-corrected chi connectivity index (χ0v) is 12.0. The van der Waals surface area contributed by atoms with Gasteiger partial charge in [0.1, 0.15) is 0 Å². The van der Waals surface area contributed by atoms with Crippen LogP contribution in [0.4, 0.5) is 0 Å². The van der Waals surface area contributed by atoms with Crippen LogP contribution < -0.4 is 5.14 Å². The summed E-state index contributed by atoms with van der Waals surface area (Å²) < 4.78 is 28.1.